The number of rotatable bonds is 5. The van der Waals surface area contributed by atoms with Gasteiger partial charge in [0.25, 0.3) is 0 Å². The molecule has 2 aromatic carbocycles. The molecule has 0 aromatic heterocycles. The summed E-state index contributed by atoms with van der Waals surface area (Å²) in [6.07, 6.45) is 1.24. The van der Waals surface area contributed by atoms with Crippen molar-refractivity contribution < 1.29 is 0 Å². The van der Waals surface area contributed by atoms with Crippen LogP contribution in [0.5, 0.6) is 0 Å². The Balaban J connectivity index is 0.00000162. The minimum atomic E-state index is 0. The Morgan fingerprint density at radius 3 is 2.50 bits per heavy atom. The van der Waals surface area contributed by atoms with Gasteiger partial charge in [-0.2, -0.15) is 0 Å². The zero-order valence-corrected chi connectivity index (χ0v) is 12.0. The number of halogens is 1. The van der Waals surface area contributed by atoms with Crippen LogP contribution in [0.15, 0.2) is 42.5 Å². The maximum absolute atomic E-state index is 3.53. The topological polar surface area (TPSA) is 12.0 Å². The third-order valence-corrected chi connectivity index (χ3v) is 3.09. The van der Waals surface area contributed by atoms with Crippen LogP contribution in [-0.4, -0.2) is 6.54 Å². The molecule has 0 fully saturated rings. The third-order valence-electron chi connectivity index (χ3n) is 3.09. The molecule has 0 heterocycles. The van der Waals surface area contributed by atoms with Crippen molar-refractivity contribution in [3.63, 3.8) is 0 Å². The van der Waals surface area contributed by atoms with Crippen LogP contribution in [0.3, 0.4) is 0 Å². The van der Waals surface area contributed by atoms with Gasteiger partial charge in [-0.25, -0.2) is 0 Å². The molecule has 0 aliphatic heterocycles. The molecule has 2 aromatic rings. The van der Waals surface area contributed by atoms with E-state index in [1.807, 2.05) is 0 Å². The zero-order chi connectivity index (χ0) is 12.1. The average molecular weight is 264 g/mol. The van der Waals surface area contributed by atoms with Crippen LogP contribution in [0.25, 0.3) is 10.8 Å². The molecule has 0 saturated carbocycles. The van der Waals surface area contributed by atoms with Gasteiger partial charge in [-0.1, -0.05) is 56.3 Å². The fraction of sp³-hybridized carbons (Fsp3) is 0.375. The number of benzene rings is 2. The Labute approximate surface area is 116 Å². The van der Waals surface area contributed by atoms with Crippen LogP contribution < -0.4 is 5.32 Å². The highest BCUT2D eigenvalue weighted by molar-refractivity contribution is 5.85. The van der Waals surface area contributed by atoms with Crippen molar-refractivity contribution in [3.05, 3.63) is 48.0 Å². The van der Waals surface area contributed by atoms with Crippen LogP contribution in [0, 0.1) is 5.92 Å². The zero-order valence-electron chi connectivity index (χ0n) is 11.1. The molecule has 0 radical (unpaired) electrons. The lowest BCUT2D eigenvalue weighted by Crippen LogP contribution is -2.16. The monoisotopic (exact) mass is 263 g/mol. The van der Waals surface area contributed by atoms with Gasteiger partial charge in [0.1, 0.15) is 0 Å². The van der Waals surface area contributed by atoms with E-state index in [0.29, 0.717) is 0 Å². The fourth-order valence-electron chi connectivity index (χ4n) is 2.06. The maximum atomic E-state index is 3.53. The van der Waals surface area contributed by atoms with Gasteiger partial charge >= 0.3 is 0 Å². The van der Waals surface area contributed by atoms with Gasteiger partial charge in [0.15, 0.2) is 0 Å². The van der Waals surface area contributed by atoms with Crippen molar-refractivity contribution in [3.8, 4) is 0 Å². The highest BCUT2D eigenvalue weighted by Gasteiger charge is 1.99. The summed E-state index contributed by atoms with van der Waals surface area (Å²) in [5.74, 6) is 0.773. The van der Waals surface area contributed by atoms with Crippen LogP contribution in [0.2, 0.25) is 0 Å². The Morgan fingerprint density at radius 1 is 1.00 bits per heavy atom. The minimum absolute atomic E-state index is 0. The van der Waals surface area contributed by atoms with Crippen LogP contribution >= 0.6 is 12.4 Å². The van der Waals surface area contributed by atoms with Crippen molar-refractivity contribution >= 4 is 23.2 Å². The van der Waals surface area contributed by atoms with E-state index in [4.69, 9.17) is 0 Å². The Bertz CT molecular complexity index is 474. The molecule has 0 amide bonds. The van der Waals surface area contributed by atoms with E-state index in [1.54, 1.807) is 0 Å². The number of hydrogen-bond acceptors (Lipinski definition) is 1. The van der Waals surface area contributed by atoms with E-state index < -0.39 is 0 Å². The van der Waals surface area contributed by atoms with Crippen LogP contribution in [0.1, 0.15) is 25.8 Å². The molecule has 1 N–H and O–H groups in total. The minimum Gasteiger partial charge on any atom is -0.313 e. The van der Waals surface area contributed by atoms with Crippen molar-refractivity contribution in [2.45, 2.75) is 26.8 Å². The van der Waals surface area contributed by atoms with Crippen molar-refractivity contribution in [1.82, 2.24) is 5.32 Å². The van der Waals surface area contributed by atoms with Crippen molar-refractivity contribution in [2.75, 3.05) is 6.54 Å². The normalized spacial score (nSPS) is 10.6. The molecule has 2 heteroatoms. The van der Waals surface area contributed by atoms with Crippen LogP contribution in [0.4, 0.5) is 0 Å². The predicted octanol–water partition coefficient (Wildman–Crippen LogP) is 4.40. The number of hydrogen-bond donors (Lipinski definition) is 1. The van der Waals surface area contributed by atoms with Gasteiger partial charge in [0.05, 0.1) is 0 Å². The molecule has 0 bridgehead atoms. The van der Waals surface area contributed by atoms with Gasteiger partial charge < -0.3 is 5.32 Å². The smallest absolute Gasteiger partial charge is 0.0211 e. The molecule has 0 aliphatic rings. The summed E-state index contributed by atoms with van der Waals surface area (Å²) in [7, 11) is 0. The van der Waals surface area contributed by atoms with Crippen molar-refractivity contribution in [2.24, 2.45) is 5.92 Å². The van der Waals surface area contributed by atoms with E-state index in [1.165, 1.54) is 22.8 Å². The van der Waals surface area contributed by atoms with E-state index in [0.717, 1.165) is 19.0 Å². The molecule has 0 aliphatic carbocycles. The Morgan fingerprint density at radius 2 is 1.72 bits per heavy atom. The third kappa shape index (κ3) is 4.01. The molecule has 0 saturated heterocycles. The Hall–Kier alpha value is -1.05. The van der Waals surface area contributed by atoms with Gasteiger partial charge in [0, 0.05) is 6.54 Å². The first-order valence-electron chi connectivity index (χ1n) is 6.44. The highest BCUT2D eigenvalue weighted by Crippen LogP contribution is 2.18. The second-order valence-electron chi connectivity index (χ2n) is 5.00. The first kappa shape index (κ1) is 15.0. The summed E-state index contributed by atoms with van der Waals surface area (Å²) in [4.78, 5) is 0. The molecular weight excluding hydrogens is 242 g/mol. The quantitative estimate of drug-likeness (QED) is 0.789. The molecule has 18 heavy (non-hydrogen) atoms. The van der Waals surface area contributed by atoms with Gasteiger partial charge in [-0.3, -0.25) is 0 Å². The largest absolute Gasteiger partial charge is 0.313 e. The van der Waals surface area contributed by atoms with E-state index in [2.05, 4.69) is 61.6 Å². The summed E-state index contributed by atoms with van der Waals surface area (Å²) in [6.45, 7) is 6.59. The summed E-state index contributed by atoms with van der Waals surface area (Å²) >= 11 is 0. The molecule has 1 nitrogen and oxygen atoms in total. The van der Waals surface area contributed by atoms with E-state index in [9.17, 15) is 0 Å². The molecular formula is C16H22ClN. The van der Waals surface area contributed by atoms with Crippen LogP contribution in [-0.2, 0) is 6.54 Å². The Kier molecular flexibility index (Phi) is 6.17. The summed E-state index contributed by atoms with van der Waals surface area (Å²) < 4.78 is 0. The summed E-state index contributed by atoms with van der Waals surface area (Å²) in [6, 6.07) is 15.1. The lowest BCUT2D eigenvalue weighted by atomic mass is 10.0. The molecule has 0 unspecified atom stereocenters. The van der Waals surface area contributed by atoms with E-state index >= 15 is 0 Å². The molecule has 98 valence electrons. The van der Waals surface area contributed by atoms with Crippen molar-refractivity contribution in [1.29, 1.82) is 0 Å². The predicted molar refractivity (Wildman–Crippen MR) is 82.4 cm³/mol. The lowest BCUT2D eigenvalue weighted by Gasteiger charge is -2.09. The summed E-state index contributed by atoms with van der Waals surface area (Å²) in [5, 5.41) is 6.22. The van der Waals surface area contributed by atoms with Gasteiger partial charge in [-0.05, 0) is 35.2 Å². The standard InChI is InChI=1S/C16H21N.ClH/c1-13(2)10-11-17-12-15-8-5-7-14-6-3-4-9-16(14)15;/h3-9,13,17H,10-12H2,1-2H3;1H. The first-order chi connectivity index (χ1) is 8.27. The molecule has 2 rings (SSSR count). The molecule has 0 spiro atoms. The summed E-state index contributed by atoms with van der Waals surface area (Å²) in [5.41, 5.74) is 1.40. The SMILES string of the molecule is CC(C)CCNCc1cccc2ccccc12.Cl. The first-order valence-corrected chi connectivity index (χ1v) is 6.44. The van der Waals surface area contributed by atoms with Gasteiger partial charge in [-0.15, -0.1) is 12.4 Å². The average Bonchev–Trinajstić information content (AvgIpc) is 2.34. The lowest BCUT2D eigenvalue weighted by molar-refractivity contribution is 0.538. The van der Waals surface area contributed by atoms with E-state index in [-0.39, 0.29) is 12.4 Å². The van der Waals surface area contributed by atoms with Gasteiger partial charge in [0.2, 0.25) is 0 Å². The fourth-order valence-corrected chi connectivity index (χ4v) is 2.06. The molecule has 0 atom stereocenters. The maximum Gasteiger partial charge on any atom is 0.0211 e. The second-order valence-corrected chi connectivity index (χ2v) is 5.00. The number of nitrogens with one attached hydrogen (secondary N) is 1. The highest BCUT2D eigenvalue weighted by atomic mass is 35.5. The number of fused-ring (bicyclic) bond motifs is 1. The second kappa shape index (κ2) is 7.40.